The van der Waals surface area contributed by atoms with Crippen molar-refractivity contribution in [2.24, 2.45) is 0 Å². The Balaban J connectivity index is 1.64. The second-order valence-electron chi connectivity index (χ2n) is 7.69. The second-order valence-corrected chi connectivity index (χ2v) is 7.69. The molecule has 4 aromatic heterocycles. The number of pyridine rings is 2. The Morgan fingerprint density at radius 2 is 1.93 bits per heavy atom. The number of aromatic nitrogens is 5. The maximum atomic E-state index is 13.0. The Labute approximate surface area is 166 Å². The molecule has 0 atom stereocenters. The van der Waals surface area contributed by atoms with Crippen LogP contribution in [0.1, 0.15) is 30.1 Å². The molecule has 4 aromatic rings. The van der Waals surface area contributed by atoms with Crippen LogP contribution in [-0.2, 0) is 0 Å². The monoisotopic (exact) mass is 390 g/mol. The zero-order valence-corrected chi connectivity index (χ0v) is 16.4. The molecule has 29 heavy (non-hydrogen) atoms. The van der Waals surface area contributed by atoms with E-state index in [0.29, 0.717) is 27.9 Å². The number of piperidine rings is 1. The second kappa shape index (κ2) is 6.66. The third-order valence-electron chi connectivity index (χ3n) is 5.73. The maximum Gasteiger partial charge on any atom is 0.261 e. The van der Waals surface area contributed by atoms with Gasteiger partial charge in [-0.2, -0.15) is 0 Å². The minimum Gasteiger partial charge on any atom is -0.343 e. The number of aryl methyl sites for hydroxylation is 2. The molecular weight excluding hydrogens is 368 g/mol. The predicted octanol–water partition coefficient (Wildman–Crippen LogP) is 1.94. The van der Waals surface area contributed by atoms with Crippen molar-refractivity contribution in [1.82, 2.24) is 29.2 Å². The molecule has 0 radical (unpaired) electrons. The maximum absolute atomic E-state index is 13.0. The third kappa shape index (κ3) is 2.87. The number of imidazole rings is 1. The van der Waals surface area contributed by atoms with E-state index in [-0.39, 0.29) is 17.0 Å². The topological polar surface area (TPSA) is 97.1 Å². The van der Waals surface area contributed by atoms with Gasteiger partial charge in [0.05, 0.1) is 16.5 Å². The normalized spacial score (nSPS) is 15.4. The Bertz CT molecular complexity index is 1360. The van der Waals surface area contributed by atoms with E-state index in [9.17, 15) is 9.59 Å². The number of nitrogens with zero attached hydrogens (tertiary/aromatic N) is 4. The number of hydrogen-bond donors (Lipinski definition) is 2. The SMILES string of the molecule is Cc1cn2cc(-c3ncc4c(=O)n(C5CCNCC5)ccc4n3)c(=O)c(C)c2[nH]1. The first kappa shape index (κ1) is 17.8. The van der Waals surface area contributed by atoms with E-state index in [1.54, 1.807) is 23.9 Å². The van der Waals surface area contributed by atoms with Crippen molar-refractivity contribution < 1.29 is 0 Å². The smallest absolute Gasteiger partial charge is 0.261 e. The highest BCUT2D eigenvalue weighted by Crippen LogP contribution is 2.20. The van der Waals surface area contributed by atoms with E-state index in [4.69, 9.17) is 0 Å². The molecule has 148 valence electrons. The summed E-state index contributed by atoms with van der Waals surface area (Å²) >= 11 is 0. The van der Waals surface area contributed by atoms with Gasteiger partial charge in [0.1, 0.15) is 5.65 Å². The summed E-state index contributed by atoms with van der Waals surface area (Å²) in [5.74, 6) is 0.331. The zero-order valence-electron chi connectivity index (χ0n) is 16.4. The first-order chi connectivity index (χ1) is 14.0. The van der Waals surface area contributed by atoms with E-state index >= 15 is 0 Å². The molecule has 8 nitrogen and oxygen atoms in total. The lowest BCUT2D eigenvalue weighted by atomic mass is 10.1. The highest BCUT2D eigenvalue weighted by atomic mass is 16.1. The van der Waals surface area contributed by atoms with E-state index in [1.807, 2.05) is 29.8 Å². The summed E-state index contributed by atoms with van der Waals surface area (Å²) in [4.78, 5) is 38.0. The van der Waals surface area contributed by atoms with Gasteiger partial charge in [0.15, 0.2) is 11.3 Å². The Kier molecular flexibility index (Phi) is 4.09. The summed E-state index contributed by atoms with van der Waals surface area (Å²) in [5.41, 5.74) is 3.12. The van der Waals surface area contributed by atoms with Crippen LogP contribution in [0.5, 0.6) is 0 Å². The minimum atomic E-state index is -0.116. The van der Waals surface area contributed by atoms with Gasteiger partial charge in [-0.25, -0.2) is 9.97 Å². The number of aromatic amines is 1. The molecule has 5 heterocycles. The number of H-pyrrole nitrogens is 1. The Morgan fingerprint density at radius 3 is 2.72 bits per heavy atom. The van der Waals surface area contributed by atoms with E-state index < -0.39 is 0 Å². The van der Waals surface area contributed by atoms with Crippen molar-refractivity contribution >= 4 is 16.6 Å². The van der Waals surface area contributed by atoms with Crippen LogP contribution < -0.4 is 16.3 Å². The van der Waals surface area contributed by atoms with Gasteiger partial charge in [0.2, 0.25) is 0 Å². The molecule has 0 aliphatic carbocycles. The summed E-state index contributed by atoms with van der Waals surface area (Å²) in [7, 11) is 0. The van der Waals surface area contributed by atoms with Gasteiger partial charge in [-0.15, -0.1) is 0 Å². The summed E-state index contributed by atoms with van der Waals surface area (Å²) < 4.78 is 3.67. The molecule has 0 spiro atoms. The van der Waals surface area contributed by atoms with E-state index in [0.717, 1.165) is 37.3 Å². The van der Waals surface area contributed by atoms with Gasteiger partial charge >= 0.3 is 0 Å². The van der Waals surface area contributed by atoms with E-state index in [2.05, 4.69) is 20.3 Å². The number of hydrogen-bond acceptors (Lipinski definition) is 5. The highest BCUT2D eigenvalue weighted by molar-refractivity contribution is 5.78. The molecular formula is C21H22N6O2. The van der Waals surface area contributed by atoms with Crippen LogP contribution >= 0.6 is 0 Å². The number of fused-ring (bicyclic) bond motifs is 2. The molecule has 5 rings (SSSR count). The zero-order chi connectivity index (χ0) is 20.1. The molecule has 0 bridgehead atoms. The van der Waals surface area contributed by atoms with Crippen LogP contribution in [0.2, 0.25) is 0 Å². The summed E-state index contributed by atoms with van der Waals surface area (Å²) in [5, 5.41) is 3.79. The van der Waals surface area contributed by atoms with Gasteiger partial charge in [-0.05, 0) is 45.8 Å². The third-order valence-corrected chi connectivity index (χ3v) is 5.73. The van der Waals surface area contributed by atoms with Gasteiger partial charge < -0.3 is 19.3 Å². The standard InChI is InChI=1S/C21H22N6O2/c1-12-10-26-11-16(18(28)13(2)20(26)24-12)19-23-9-15-17(25-19)5-8-27(21(15)29)14-3-6-22-7-4-14/h5,8-11,14,22,24H,3-4,6-7H2,1-2H3. The molecule has 8 heteroatoms. The van der Waals surface area contributed by atoms with Crippen LogP contribution in [0, 0.1) is 13.8 Å². The van der Waals surface area contributed by atoms with Gasteiger partial charge in [-0.3, -0.25) is 9.59 Å². The fraction of sp³-hybridized carbons (Fsp3) is 0.333. The van der Waals surface area contributed by atoms with Crippen LogP contribution in [0.25, 0.3) is 27.9 Å². The largest absolute Gasteiger partial charge is 0.343 e. The number of rotatable bonds is 2. The highest BCUT2D eigenvalue weighted by Gasteiger charge is 2.18. The summed E-state index contributed by atoms with van der Waals surface area (Å²) in [6, 6.07) is 2.03. The van der Waals surface area contributed by atoms with Crippen LogP contribution in [-0.4, -0.2) is 37.0 Å². The molecule has 0 amide bonds. The summed E-state index contributed by atoms with van der Waals surface area (Å²) in [6.07, 6.45) is 8.88. The van der Waals surface area contributed by atoms with E-state index in [1.165, 1.54) is 0 Å². The van der Waals surface area contributed by atoms with Crippen LogP contribution in [0.4, 0.5) is 0 Å². The Morgan fingerprint density at radius 1 is 1.14 bits per heavy atom. The molecule has 2 N–H and O–H groups in total. The quantitative estimate of drug-likeness (QED) is 0.545. The lowest BCUT2D eigenvalue weighted by Crippen LogP contribution is -2.34. The molecule has 0 unspecified atom stereocenters. The van der Waals surface area contributed by atoms with Crippen molar-refractivity contribution in [1.29, 1.82) is 0 Å². The predicted molar refractivity (Wildman–Crippen MR) is 111 cm³/mol. The first-order valence-corrected chi connectivity index (χ1v) is 9.83. The van der Waals surface area contributed by atoms with Crippen LogP contribution in [0.15, 0.2) is 40.4 Å². The van der Waals surface area contributed by atoms with Crippen molar-refractivity contribution in [3.8, 4) is 11.4 Å². The van der Waals surface area contributed by atoms with Crippen molar-refractivity contribution in [3.05, 3.63) is 62.7 Å². The lowest BCUT2D eigenvalue weighted by Gasteiger charge is -2.24. The lowest BCUT2D eigenvalue weighted by molar-refractivity contribution is 0.362. The van der Waals surface area contributed by atoms with Crippen molar-refractivity contribution in [2.45, 2.75) is 32.7 Å². The van der Waals surface area contributed by atoms with Crippen LogP contribution in [0.3, 0.4) is 0 Å². The molecule has 1 aliphatic rings. The fourth-order valence-electron chi connectivity index (χ4n) is 4.16. The molecule has 0 aromatic carbocycles. The molecule has 1 fully saturated rings. The average molecular weight is 390 g/mol. The molecule has 0 saturated carbocycles. The molecule has 1 saturated heterocycles. The minimum absolute atomic E-state index is 0.0782. The average Bonchev–Trinajstić information content (AvgIpc) is 3.12. The Hall–Kier alpha value is -3.26. The van der Waals surface area contributed by atoms with Gasteiger partial charge in [0.25, 0.3) is 5.56 Å². The summed E-state index contributed by atoms with van der Waals surface area (Å²) in [6.45, 7) is 5.55. The fourth-order valence-corrected chi connectivity index (χ4v) is 4.16. The van der Waals surface area contributed by atoms with Crippen molar-refractivity contribution in [2.75, 3.05) is 13.1 Å². The first-order valence-electron chi connectivity index (χ1n) is 9.83. The van der Waals surface area contributed by atoms with Crippen molar-refractivity contribution in [3.63, 3.8) is 0 Å². The van der Waals surface area contributed by atoms with Gasteiger partial charge in [-0.1, -0.05) is 0 Å². The molecule has 1 aliphatic heterocycles. The number of nitrogens with one attached hydrogen (secondary N) is 2. The van der Waals surface area contributed by atoms with Gasteiger partial charge in [0, 0.05) is 42.1 Å².